The molecule has 3 rings (SSSR count). The molecule has 0 radical (unpaired) electrons. The number of likely N-dealkylation sites (N-methyl/N-ethyl adjacent to an activating group) is 1. The van der Waals surface area contributed by atoms with Crippen LogP contribution in [0.4, 0.5) is 5.69 Å². The highest BCUT2D eigenvalue weighted by molar-refractivity contribution is 5.54. The molecule has 2 aliphatic heterocycles. The maximum Gasteiger partial charge on any atom is 0.0372 e. The number of anilines is 1. The third-order valence-electron chi connectivity index (χ3n) is 4.64. The van der Waals surface area contributed by atoms with Gasteiger partial charge in [-0.25, -0.2) is 0 Å². The summed E-state index contributed by atoms with van der Waals surface area (Å²) < 4.78 is 0. The van der Waals surface area contributed by atoms with Crippen molar-refractivity contribution < 1.29 is 0 Å². The van der Waals surface area contributed by atoms with Crippen LogP contribution in [-0.2, 0) is 12.8 Å². The van der Waals surface area contributed by atoms with E-state index in [1.54, 1.807) is 0 Å². The van der Waals surface area contributed by atoms with Gasteiger partial charge in [0.2, 0.25) is 0 Å². The molecule has 0 bridgehead atoms. The molecule has 0 aliphatic carbocycles. The fourth-order valence-electron chi connectivity index (χ4n) is 3.26. The van der Waals surface area contributed by atoms with Crippen molar-refractivity contribution in [2.24, 2.45) is 0 Å². The van der Waals surface area contributed by atoms with Gasteiger partial charge in [0.1, 0.15) is 0 Å². The fourth-order valence-corrected chi connectivity index (χ4v) is 3.26. The molecule has 1 aromatic rings. The molecule has 0 amide bonds. The molecule has 1 aromatic carbocycles. The van der Waals surface area contributed by atoms with Gasteiger partial charge in [-0.1, -0.05) is 12.1 Å². The van der Waals surface area contributed by atoms with Crippen LogP contribution >= 0.6 is 0 Å². The molecule has 0 unspecified atom stereocenters. The molecular formula is C17H27N3. The Morgan fingerprint density at radius 1 is 1.15 bits per heavy atom. The lowest BCUT2D eigenvalue weighted by molar-refractivity contribution is 0.153. The van der Waals surface area contributed by atoms with Crippen LogP contribution in [0, 0.1) is 0 Å². The number of nitrogens with one attached hydrogen (secondary N) is 1. The average Bonchev–Trinajstić information content (AvgIpc) is 2.49. The summed E-state index contributed by atoms with van der Waals surface area (Å²) in [5.74, 6) is 0. The quantitative estimate of drug-likeness (QED) is 0.907. The van der Waals surface area contributed by atoms with Gasteiger partial charge in [0.15, 0.2) is 0 Å². The monoisotopic (exact) mass is 273 g/mol. The Bertz CT molecular complexity index is 436. The van der Waals surface area contributed by atoms with Crippen LogP contribution in [0.2, 0.25) is 0 Å². The van der Waals surface area contributed by atoms with Gasteiger partial charge in [-0.3, -0.25) is 0 Å². The van der Waals surface area contributed by atoms with Crippen molar-refractivity contribution in [2.75, 3.05) is 51.6 Å². The number of aryl methyl sites for hydroxylation is 2. The molecule has 3 heteroatoms. The fraction of sp³-hybridized carbons (Fsp3) is 0.647. The van der Waals surface area contributed by atoms with Crippen LogP contribution in [0.1, 0.15) is 24.0 Å². The van der Waals surface area contributed by atoms with E-state index >= 15 is 0 Å². The molecule has 0 saturated carbocycles. The van der Waals surface area contributed by atoms with Gasteiger partial charge in [0.05, 0.1) is 0 Å². The molecule has 1 fully saturated rings. The molecular weight excluding hydrogens is 246 g/mol. The lowest BCUT2D eigenvalue weighted by atomic mass is 9.99. The van der Waals surface area contributed by atoms with E-state index in [9.17, 15) is 0 Å². The number of benzene rings is 1. The molecule has 0 aromatic heterocycles. The Morgan fingerprint density at radius 2 is 2.00 bits per heavy atom. The number of fused-ring (bicyclic) bond motifs is 1. The lowest BCUT2D eigenvalue weighted by Gasteiger charge is -2.32. The first-order valence-corrected chi connectivity index (χ1v) is 8.08. The Labute approximate surface area is 123 Å². The largest absolute Gasteiger partial charge is 0.385 e. The van der Waals surface area contributed by atoms with Crippen molar-refractivity contribution in [2.45, 2.75) is 25.7 Å². The van der Waals surface area contributed by atoms with Gasteiger partial charge in [-0.05, 0) is 56.5 Å². The number of rotatable bonds is 4. The van der Waals surface area contributed by atoms with Crippen molar-refractivity contribution >= 4 is 5.69 Å². The standard InChI is InChI=1S/C17H27N3/c1-19-10-12-20(13-11-19)9-3-4-15-6-7-17-16(14-15)5-2-8-18-17/h6-7,14,18H,2-5,8-13H2,1H3. The molecule has 0 spiro atoms. The minimum atomic E-state index is 1.13. The number of hydrogen-bond acceptors (Lipinski definition) is 3. The molecule has 2 aliphatic rings. The first-order chi connectivity index (χ1) is 9.81. The Balaban J connectivity index is 1.46. The van der Waals surface area contributed by atoms with Crippen LogP contribution in [0.5, 0.6) is 0 Å². The van der Waals surface area contributed by atoms with Gasteiger partial charge in [-0.15, -0.1) is 0 Å². The molecule has 1 saturated heterocycles. The maximum atomic E-state index is 3.49. The summed E-state index contributed by atoms with van der Waals surface area (Å²) in [7, 11) is 2.22. The van der Waals surface area contributed by atoms with Crippen LogP contribution < -0.4 is 5.32 Å². The van der Waals surface area contributed by atoms with E-state index in [0.717, 1.165) is 6.54 Å². The maximum absolute atomic E-state index is 3.49. The minimum absolute atomic E-state index is 1.13. The molecule has 110 valence electrons. The van der Waals surface area contributed by atoms with Crippen molar-refractivity contribution in [1.29, 1.82) is 0 Å². The van der Waals surface area contributed by atoms with Gasteiger partial charge in [0, 0.05) is 38.4 Å². The van der Waals surface area contributed by atoms with E-state index in [4.69, 9.17) is 0 Å². The van der Waals surface area contributed by atoms with Crippen LogP contribution in [0.15, 0.2) is 18.2 Å². The summed E-state index contributed by atoms with van der Waals surface area (Å²) in [4.78, 5) is 5.03. The van der Waals surface area contributed by atoms with Crippen molar-refractivity contribution in [3.8, 4) is 0 Å². The summed E-state index contributed by atoms with van der Waals surface area (Å²) >= 11 is 0. The second-order valence-electron chi connectivity index (χ2n) is 6.27. The van der Waals surface area contributed by atoms with Gasteiger partial charge < -0.3 is 15.1 Å². The molecule has 2 heterocycles. The number of hydrogen-bond donors (Lipinski definition) is 1. The first kappa shape index (κ1) is 13.9. The Hall–Kier alpha value is -1.06. The zero-order chi connectivity index (χ0) is 13.8. The predicted octanol–water partition coefficient (Wildman–Crippen LogP) is 2.22. The first-order valence-electron chi connectivity index (χ1n) is 8.08. The predicted molar refractivity (Wildman–Crippen MR) is 85.5 cm³/mol. The van der Waals surface area contributed by atoms with E-state index in [1.165, 1.54) is 75.2 Å². The third kappa shape index (κ3) is 3.53. The third-order valence-corrected chi connectivity index (χ3v) is 4.64. The summed E-state index contributed by atoms with van der Waals surface area (Å²) in [6, 6.07) is 7.01. The smallest absolute Gasteiger partial charge is 0.0372 e. The topological polar surface area (TPSA) is 18.5 Å². The van der Waals surface area contributed by atoms with Crippen molar-refractivity contribution in [3.05, 3.63) is 29.3 Å². The highest BCUT2D eigenvalue weighted by atomic mass is 15.2. The summed E-state index contributed by atoms with van der Waals surface area (Å²) in [5.41, 5.74) is 4.40. The van der Waals surface area contributed by atoms with Crippen LogP contribution in [-0.4, -0.2) is 56.1 Å². The average molecular weight is 273 g/mol. The number of nitrogens with zero attached hydrogens (tertiary/aromatic N) is 2. The summed E-state index contributed by atoms with van der Waals surface area (Å²) in [6.07, 6.45) is 5.03. The zero-order valence-electron chi connectivity index (χ0n) is 12.7. The summed E-state index contributed by atoms with van der Waals surface area (Å²) in [5, 5.41) is 3.49. The van der Waals surface area contributed by atoms with Gasteiger partial charge in [0.25, 0.3) is 0 Å². The highest BCUT2D eigenvalue weighted by Gasteiger charge is 2.13. The Kier molecular flexibility index (Phi) is 4.58. The van der Waals surface area contributed by atoms with Crippen LogP contribution in [0.3, 0.4) is 0 Å². The normalized spacial score (nSPS) is 20.4. The van der Waals surface area contributed by atoms with E-state index in [-0.39, 0.29) is 0 Å². The molecule has 3 nitrogen and oxygen atoms in total. The highest BCUT2D eigenvalue weighted by Crippen LogP contribution is 2.23. The second-order valence-corrected chi connectivity index (χ2v) is 6.27. The lowest BCUT2D eigenvalue weighted by Crippen LogP contribution is -2.44. The molecule has 0 atom stereocenters. The number of piperazine rings is 1. The van der Waals surface area contributed by atoms with E-state index in [2.05, 4.69) is 40.4 Å². The van der Waals surface area contributed by atoms with Gasteiger partial charge in [-0.2, -0.15) is 0 Å². The Morgan fingerprint density at radius 3 is 2.85 bits per heavy atom. The van der Waals surface area contributed by atoms with E-state index < -0.39 is 0 Å². The summed E-state index contributed by atoms with van der Waals surface area (Å²) in [6.45, 7) is 7.32. The molecule has 1 N–H and O–H groups in total. The second kappa shape index (κ2) is 6.59. The zero-order valence-corrected chi connectivity index (χ0v) is 12.7. The molecule has 20 heavy (non-hydrogen) atoms. The minimum Gasteiger partial charge on any atom is -0.385 e. The van der Waals surface area contributed by atoms with Crippen molar-refractivity contribution in [1.82, 2.24) is 9.80 Å². The van der Waals surface area contributed by atoms with Crippen molar-refractivity contribution in [3.63, 3.8) is 0 Å². The van der Waals surface area contributed by atoms with E-state index in [1.807, 2.05) is 0 Å². The van der Waals surface area contributed by atoms with Crippen LogP contribution in [0.25, 0.3) is 0 Å². The SMILES string of the molecule is CN1CCN(CCCc2ccc3c(c2)CCCN3)CC1. The van der Waals surface area contributed by atoms with Gasteiger partial charge >= 0.3 is 0 Å². The van der Waals surface area contributed by atoms with E-state index in [0.29, 0.717) is 0 Å².